The smallest absolute Gasteiger partial charge is 0.194 e. The Morgan fingerprint density at radius 2 is 1.81 bits per heavy atom. The van der Waals surface area contributed by atoms with Crippen molar-refractivity contribution in [2.75, 3.05) is 18.5 Å². The first-order valence-corrected chi connectivity index (χ1v) is 5.03. The lowest BCUT2D eigenvalue weighted by atomic mass is 10.2. The van der Waals surface area contributed by atoms with Crippen molar-refractivity contribution in [1.29, 1.82) is 0 Å². The molecule has 1 aromatic carbocycles. The van der Waals surface area contributed by atoms with Crippen molar-refractivity contribution in [2.24, 2.45) is 0 Å². The summed E-state index contributed by atoms with van der Waals surface area (Å²) in [5.41, 5.74) is 0.198. The second-order valence-electron chi connectivity index (χ2n) is 3.46. The summed E-state index contributed by atoms with van der Waals surface area (Å²) in [6.45, 7) is 4.63. The Morgan fingerprint density at radius 1 is 1.25 bits per heavy atom. The van der Waals surface area contributed by atoms with Crippen molar-refractivity contribution in [1.82, 2.24) is 0 Å². The second kappa shape index (κ2) is 5.75. The summed E-state index contributed by atoms with van der Waals surface area (Å²) in [6.07, 6.45) is 0. The van der Waals surface area contributed by atoms with Gasteiger partial charge in [-0.3, -0.25) is 0 Å². The molecule has 1 aromatic rings. The third kappa shape index (κ3) is 3.41. The summed E-state index contributed by atoms with van der Waals surface area (Å²) in [5, 5.41) is 2.81. The molecule has 0 heterocycles. The van der Waals surface area contributed by atoms with Crippen LogP contribution in [-0.4, -0.2) is 19.3 Å². The van der Waals surface area contributed by atoms with E-state index in [1.807, 2.05) is 6.92 Å². The first kappa shape index (κ1) is 12.8. The largest absolute Gasteiger partial charge is 0.380 e. The Balaban J connectivity index is 2.67. The highest BCUT2D eigenvalue weighted by Crippen LogP contribution is 2.17. The zero-order valence-electron chi connectivity index (χ0n) is 9.19. The Hall–Kier alpha value is -1.23. The summed E-state index contributed by atoms with van der Waals surface area (Å²) < 4.78 is 43.5. The van der Waals surface area contributed by atoms with Crippen LogP contribution in [-0.2, 0) is 4.74 Å². The molecule has 0 amide bonds. The van der Waals surface area contributed by atoms with Gasteiger partial charge in [-0.2, -0.15) is 0 Å². The SMILES string of the molecule is CCOCC(C)Nc1cc(F)c(F)c(F)c1. The van der Waals surface area contributed by atoms with Gasteiger partial charge >= 0.3 is 0 Å². The summed E-state index contributed by atoms with van der Waals surface area (Å²) in [7, 11) is 0. The Morgan fingerprint density at radius 3 is 2.31 bits per heavy atom. The van der Waals surface area contributed by atoms with Crippen LogP contribution in [0.3, 0.4) is 0 Å². The number of benzene rings is 1. The fraction of sp³-hybridized carbons (Fsp3) is 0.455. The van der Waals surface area contributed by atoms with Crippen molar-refractivity contribution in [3.63, 3.8) is 0 Å². The maximum atomic E-state index is 12.9. The van der Waals surface area contributed by atoms with Crippen molar-refractivity contribution in [3.05, 3.63) is 29.6 Å². The van der Waals surface area contributed by atoms with Gasteiger partial charge in [0.15, 0.2) is 17.5 Å². The number of rotatable bonds is 5. The molecule has 1 rings (SSSR count). The Bertz CT molecular complexity index is 334. The van der Waals surface area contributed by atoms with Crippen molar-refractivity contribution in [2.45, 2.75) is 19.9 Å². The van der Waals surface area contributed by atoms with E-state index in [-0.39, 0.29) is 11.7 Å². The number of nitrogens with one attached hydrogen (secondary N) is 1. The molecule has 0 fully saturated rings. The van der Waals surface area contributed by atoms with Gasteiger partial charge in [0.2, 0.25) is 0 Å². The molecule has 0 bridgehead atoms. The molecule has 0 aliphatic heterocycles. The molecule has 0 saturated heterocycles. The quantitative estimate of drug-likeness (QED) is 0.789. The molecule has 0 aromatic heterocycles. The van der Waals surface area contributed by atoms with Crippen molar-refractivity contribution in [3.8, 4) is 0 Å². The fourth-order valence-corrected chi connectivity index (χ4v) is 1.26. The standard InChI is InChI=1S/C11H14F3NO/c1-3-16-6-7(2)15-8-4-9(12)11(14)10(13)5-8/h4-5,7,15H,3,6H2,1-2H3. The van der Waals surface area contributed by atoms with Gasteiger partial charge < -0.3 is 10.1 Å². The van der Waals surface area contributed by atoms with Gasteiger partial charge in [0.25, 0.3) is 0 Å². The minimum absolute atomic E-state index is 0.107. The van der Waals surface area contributed by atoms with Crippen LogP contribution in [0.15, 0.2) is 12.1 Å². The maximum Gasteiger partial charge on any atom is 0.194 e. The molecular formula is C11H14F3NO. The average molecular weight is 233 g/mol. The number of ether oxygens (including phenoxy) is 1. The van der Waals surface area contributed by atoms with Crippen LogP contribution in [0, 0.1) is 17.5 Å². The molecule has 0 aliphatic rings. The molecule has 0 spiro atoms. The summed E-state index contributed by atoms with van der Waals surface area (Å²) >= 11 is 0. The van der Waals surface area contributed by atoms with E-state index in [2.05, 4.69) is 5.32 Å². The van der Waals surface area contributed by atoms with Crippen molar-refractivity contribution >= 4 is 5.69 Å². The average Bonchev–Trinajstić information content (AvgIpc) is 2.23. The molecular weight excluding hydrogens is 219 g/mol. The molecule has 90 valence electrons. The first-order chi connectivity index (χ1) is 7.54. The topological polar surface area (TPSA) is 21.3 Å². The highest BCUT2D eigenvalue weighted by molar-refractivity contribution is 5.44. The lowest BCUT2D eigenvalue weighted by Crippen LogP contribution is -2.21. The molecule has 5 heteroatoms. The number of anilines is 1. The molecule has 1 N–H and O–H groups in total. The fourth-order valence-electron chi connectivity index (χ4n) is 1.26. The molecule has 1 atom stereocenters. The van der Waals surface area contributed by atoms with Gasteiger partial charge in [-0.25, -0.2) is 13.2 Å². The zero-order valence-corrected chi connectivity index (χ0v) is 9.19. The number of hydrogen-bond donors (Lipinski definition) is 1. The summed E-state index contributed by atoms with van der Waals surface area (Å²) in [6, 6.07) is 1.73. The molecule has 0 saturated carbocycles. The third-order valence-corrected chi connectivity index (χ3v) is 1.97. The second-order valence-corrected chi connectivity index (χ2v) is 3.46. The molecule has 0 aliphatic carbocycles. The summed E-state index contributed by atoms with van der Waals surface area (Å²) in [4.78, 5) is 0. The predicted octanol–water partition coefficient (Wildman–Crippen LogP) is 2.94. The van der Waals surface area contributed by atoms with Gasteiger partial charge in [0, 0.05) is 30.5 Å². The van der Waals surface area contributed by atoms with Crippen LogP contribution in [0.25, 0.3) is 0 Å². The maximum absolute atomic E-state index is 12.9. The molecule has 1 unspecified atom stereocenters. The predicted molar refractivity (Wildman–Crippen MR) is 55.9 cm³/mol. The van der Waals surface area contributed by atoms with Crippen LogP contribution >= 0.6 is 0 Å². The Labute approximate surface area is 92.4 Å². The van der Waals surface area contributed by atoms with E-state index in [4.69, 9.17) is 4.74 Å². The van der Waals surface area contributed by atoms with E-state index in [1.165, 1.54) is 0 Å². The highest BCUT2D eigenvalue weighted by atomic mass is 19.2. The Kier molecular flexibility index (Phi) is 4.61. The molecule has 2 nitrogen and oxygen atoms in total. The highest BCUT2D eigenvalue weighted by Gasteiger charge is 2.11. The van der Waals surface area contributed by atoms with Gasteiger partial charge in [-0.15, -0.1) is 0 Å². The van der Waals surface area contributed by atoms with Crippen LogP contribution in [0.2, 0.25) is 0 Å². The van der Waals surface area contributed by atoms with E-state index >= 15 is 0 Å². The molecule has 16 heavy (non-hydrogen) atoms. The van der Waals surface area contributed by atoms with Crippen LogP contribution < -0.4 is 5.32 Å². The van der Waals surface area contributed by atoms with Crippen molar-refractivity contribution < 1.29 is 17.9 Å². The van der Waals surface area contributed by atoms with Crippen LogP contribution in [0.1, 0.15) is 13.8 Å². The number of hydrogen-bond acceptors (Lipinski definition) is 2. The van der Waals surface area contributed by atoms with Gasteiger partial charge in [-0.05, 0) is 13.8 Å². The zero-order chi connectivity index (χ0) is 12.1. The van der Waals surface area contributed by atoms with Gasteiger partial charge in [-0.1, -0.05) is 0 Å². The summed E-state index contributed by atoms with van der Waals surface area (Å²) in [5.74, 6) is -3.86. The minimum Gasteiger partial charge on any atom is -0.380 e. The van der Waals surface area contributed by atoms with E-state index in [9.17, 15) is 13.2 Å². The monoisotopic (exact) mass is 233 g/mol. The van der Waals surface area contributed by atoms with Crippen LogP contribution in [0.4, 0.5) is 18.9 Å². The normalized spacial score (nSPS) is 12.6. The lowest BCUT2D eigenvalue weighted by molar-refractivity contribution is 0.141. The van der Waals surface area contributed by atoms with Gasteiger partial charge in [0.1, 0.15) is 0 Å². The van der Waals surface area contributed by atoms with E-state index in [0.717, 1.165) is 12.1 Å². The number of halogens is 3. The van der Waals surface area contributed by atoms with E-state index in [0.29, 0.717) is 13.2 Å². The van der Waals surface area contributed by atoms with Gasteiger partial charge in [0.05, 0.1) is 6.61 Å². The third-order valence-electron chi connectivity index (χ3n) is 1.97. The van der Waals surface area contributed by atoms with E-state index < -0.39 is 17.5 Å². The first-order valence-electron chi connectivity index (χ1n) is 5.03. The minimum atomic E-state index is -1.46. The lowest BCUT2D eigenvalue weighted by Gasteiger charge is -2.15. The van der Waals surface area contributed by atoms with Crippen LogP contribution in [0.5, 0.6) is 0 Å². The molecule has 0 radical (unpaired) electrons. The van der Waals surface area contributed by atoms with E-state index in [1.54, 1.807) is 6.92 Å².